The van der Waals surface area contributed by atoms with Gasteiger partial charge in [0.1, 0.15) is 0 Å². The van der Waals surface area contributed by atoms with Gasteiger partial charge >= 0.3 is 37.9 Å². The van der Waals surface area contributed by atoms with Gasteiger partial charge < -0.3 is 14.9 Å². The van der Waals surface area contributed by atoms with Gasteiger partial charge in [-0.25, -0.2) is 0 Å². The average Bonchev–Trinajstić information content (AvgIpc) is 3.44. The Morgan fingerprint density at radius 3 is 1.66 bits per heavy atom. The van der Waals surface area contributed by atoms with Gasteiger partial charge in [-0.05, 0) is 78.2 Å². The molecule has 0 aromatic carbocycles. The molecule has 0 amide bonds. The Hall–Kier alpha value is 1.90. The molecule has 0 saturated heterocycles. The van der Waals surface area contributed by atoms with Crippen molar-refractivity contribution in [2.75, 3.05) is 0 Å². The van der Waals surface area contributed by atoms with Gasteiger partial charge in [-0.15, -0.1) is 0 Å². The number of halogens is 2. The van der Waals surface area contributed by atoms with Crippen LogP contribution in [0.4, 0.5) is 0 Å². The summed E-state index contributed by atoms with van der Waals surface area (Å²) in [4.78, 5) is 0. The number of fused-ring (bicyclic) bond motifs is 2. The number of unbranched alkanes of at least 4 members (excludes halogenated alkanes) is 2. The Morgan fingerprint density at radius 2 is 1.16 bits per heavy atom. The van der Waals surface area contributed by atoms with Crippen LogP contribution in [0.15, 0.2) is 0 Å². The molecule has 9 atom stereocenters. The first-order valence-corrected chi connectivity index (χ1v) is 29.6. The summed E-state index contributed by atoms with van der Waals surface area (Å²) >= 11 is -0.826. The van der Waals surface area contributed by atoms with E-state index in [1.165, 1.54) is 37.6 Å². The van der Waals surface area contributed by atoms with E-state index in [2.05, 4.69) is 47.0 Å². The molecule has 0 nitrogen and oxygen atoms in total. The van der Waals surface area contributed by atoms with Gasteiger partial charge in [0, 0.05) is 15.2 Å². The Balaban J connectivity index is 0.00000138. The van der Waals surface area contributed by atoms with Crippen molar-refractivity contribution >= 4 is 32.2 Å². The van der Waals surface area contributed by atoms with Crippen molar-refractivity contribution in [2.45, 2.75) is 154 Å². The monoisotopic (exact) mass is 678 g/mol. The van der Waals surface area contributed by atoms with Crippen molar-refractivity contribution in [3.8, 4) is 0 Å². The summed E-state index contributed by atoms with van der Waals surface area (Å²) in [5.74, 6) is 7.60. The first kappa shape index (κ1) is 37.9. The molecular formula is C33H66Cl2Si2Zr. The Labute approximate surface area is 261 Å². The van der Waals surface area contributed by atoms with E-state index >= 15 is 0 Å². The molecule has 4 rings (SSSR count). The van der Waals surface area contributed by atoms with Crippen molar-refractivity contribution in [1.82, 2.24) is 0 Å². The van der Waals surface area contributed by atoms with Gasteiger partial charge in [-0.2, -0.15) is 0 Å². The number of rotatable bonds is 9. The second kappa shape index (κ2) is 17.3. The zero-order chi connectivity index (χ0) is 26.5. The van der Waals surface area contributed by atoms with Crippen LogP contribution in [0.1, 0.15) is 117 Å². The minimum absolute atomic E-state index is 0. The van der Waals surface area contributed by atoms with Crippen molar-refractivity contribution in [3.05, 3.63) is 14.9 Å². The molecule has 0 aromatic rings. The molecular weight excluding hydrogens is 615 g/mol. The molecule has 0 spiro atoms. The van der Waals surface area contributed by atoms with E-state index in [0.29, 0.717) is 0 Å². The molecule has 5 heteroatoms. The molecule has 4 aliphatic rings. The summed E-state index contributed by atoms with van der Waals surface area (Å²) in [5.41, 5.74) is 2.32. The van der Waals surface area contributed by atoms with Crippen LogP contribution in [0, 0.1) is 56.3 Å². The Morgan fingerprint density at radius 1 is 0.711 bits per heavy atom. The van der Waals surface area contributed by atoms with Gasteiger partial charge in [0.05, 0.1) is 0 Å². The molecule has 0 radical (unpaired) electrons. The van der Waals surface area contributed by atoms with Crippen LogP contribution in [-0.2, 0) is 20.8 Å². The Bertz CT molecular complexity index is 657. The summed E-state index contributed by atoms with van der Waals surface area (Å²) in [5, 5.41) is 0. The molecule has 4 saturated carbocycles. The van der Waals surface area contributed by atoms with E-state index < -0.39 is 36.0 Å². The van der Waals surface area contributed by atoms with E-state index in [1.807, 2.05) is 0 Å². The van der Waals surface area contributed by atoms with Crippen molar-refractivity contribution in [2.24, 2.45) is 41.4 Å². The van der Waals surface area contributed by atoms with Crippen LogP contribution in [0.25, 0.3) is 0 Å². The van der Waals surface area contributed by atoms with Crippen LogP contribution in [0.3, 0.4) is 0 Å². The fourth-order valence-corrected chi connectivity index (χ4v) is 24.7. The molecule has 4 fully saturated rings. The normalized spacial score (nSPS) is 35.4. The van der Waals surface area contributed by atoms with Gasteiger partial charge in [-0.1, -0.05) is 118 Å². The van der Waals surface area contributed by atoms with Crippen molar-refractivity contribution in [1.29, 1.82) is 0 Å². The maximum atomic E-state index is 4.93. The zero-order valence-corrected chi connectivity index (χ0v) is 33.0. The third-order valence-corrected chi connectivity index (χ3v) is 33.6. The standard InChI is InChI=1S/C31H60Si2.2CH3.2ClH.Zr/c1-8-10-11-16-24-21-30(27-19-14-12-17-25(24)27)32(4,5)33(6,7)31-22-29(23(3)9-2)26-18-13-15-20-28(26)31;;;;;/h23-31H,8-22H2,1-7H3;2*1H3;2*1H;/q;2*-1;;;+4/p-2. The topological polar surface area (TPSA) is 0 Å². The molecule has 4 aliphatic carbocycles. The first-order valence-electron chi connectivity index (χ1n) is 16.1. The van der Waals surface area contributed by atoms with Gasteiger partial charge in [0.25, 0.3) is 0 Å². The predicted molar refractivity (Wildman–Crippen MR) is 178 cm³/mol. The third kappa shape index (κ3) is 8.08. The molecule has 0 aromatic heterocycles. The van der Waals surface area contributed by atoms with Gasteiger partial charge in [0.2, 0.25) is 0 Å². The van der Waals surface area contributed by atoms with E-state index in [4.69, 9.17) is 17.0 Å². The van der Waals surface area contributed by atoms with Crippen LogP contribution in [0.2, 0.25) is 37.3 Å². The van der Waals surface area contributed by atoms with Crippen LogP contribution in [-0.4, -0.2) is 15.2 Å². The number of hydrogen-bond acceptors (Lipinski definition) is 0. The summed E-state index contributed by atoms with van der Waals surface area (Å²) in [6.07, 6.45) is 23.2. The third-order valence-electron chi connectivity index (χ3n) is 13.1. The summed E-state index contributed by atoms with van der Waals surface area (Å²) in [7, 11) is 7.32. The van der Waals surface area contributed by atoms with Gasteiger partial charge in [0.15, 0.2) is 0 Å². The van der Waals surface area contributed by atoms with Crippen LogP contribution in [0.5, 0.6) is 0 Å². The van der Waals surface area contributed by atoms with Crippen LogP contribution >= 0.6 is 17.0 Å². The summed E-state index contributed by atoms with van der Waals surface area (Å²) in [6.45, 7) is 19.3. The van der Waals surface area contributed by atoms with E-state index in [0.717, 1.165) is 47.0 Å². The molecule has 38 heavy (non-hydrogen) atoms. The molecule has 224 valence electrons. The average molecular weight is 681 g/mol. The quantitative estimate of drug-likeness (QED) is 0.129. The fourth-order valence-electron chi connectivity index (χ4n) is 10.4. The van der Waals surface area contributed by atoms with E-state index in [-0.39, 0.29) is 14.9 Å². The zero-order valence-electron chi connectivity index (χ0n) is 27.1. The first-order chi connectivity index (χ1) is 17.1. The molecule has 0 N–H and O–H groups in total. The van der Waals surface area contributed by atoms with E-state index in [1.54, 1.807) is 64.2 Å². The molecule has 9 unspecified atom stereocenters. The molecule has 0 bridgehead atoms. The fraction of sp³-hybridized carbons (Fsp3) is 0.939. The molecule has 0 aliphatic heterocycles. The minimum atomic E-state index is -1.28. The van der Waals surface area contributed by atoms with Gasteiger partial charge in [-0.3, -0.25) is 0 Å². The van der Waals surface area contributed by atoms with Crippen molar-refractivity contribution in [3.63, 3.8) is 0 Å². The Kier molecular flexibility index (Phi) is 17.2. The second-order valence-corrected chi connectivity index (χ2v) is 34.6. The molecule has 0 heterocycles. The van der Waals surface area contributed by atoms with E-state index in [9.17, 15) is 0 Å². The van der Waals surface area contributed by atoms with Crippen molar-refractivity contribution < 1.29 is 20.8 Å². The summed E-state index contributed by atoms with van der Waals surface area (Å²) < 4.78 is 0. The SMILES string of the molecule is CCCCCC1CC([Si](C)(C)[Si](C)(C)C2CC(C(C)CC)C3CCCCC32)C2CCCCC12.[CH3-].[CH3-].[Cl][Zr+2][Cl]. The maximum absolute atomic E-state index is 4.93. The van der Waals surface area contributed by atoms with Crippen LogP contribution < -0.4 is 0 Å². The second-order valence-electron chi connectivity index (χ2n) is 14.7. The number of hydrogen-bond donors (Lipinski definition) is 0. The summed E-state index contributed by atoms with van der Waals surface area (Å²) in [6, 6.07) is 0. The predicted octanol–water partition coefficient (Wildman–Crippen LogP) is 12.8.